The number of phenolic OH excluding ortho intramolecular Hbond substituents is 1. The predicted octanol–water partition coefficient (Wildman–Crippen LogP) is 4.38. The molecule has 0 spiro atoms. The zero-order valence-corrected chi connectivity index (χ0v) is 20.6. The average molecular weight is 494 g/mol. The molecule has 184 valence electrons. The van der Waals surface area contributed by atoms with Crippen molar-refractivity contribution in [2.24, 2.45) is 0 Å². The number of anilines is 1. The molecule has 9 heteroatoms. The lowest BCUT2D eigenvalue weighted by molar-refractivity contribution is -0.117. The summed E-state index contributed by atoms with van der Waals surface area (Å²) in [6, 6.07) is 14.5. The molecule has 2 amide bonds. The lowest BCUT2D eigenvalue weighted by Crippen LogP contribution is -2.36. The Morgan fingerprint density at radius 2 is 1.77 bits per heavy atom. The second kappa shape index (κ2) is 12.0. The van der Waals surface area contributed by atoms with Crippen molar-refractivity contribution in [1.82, 2.24) is 20.6 Å². The summed E-state index contributed by atoms with van der Waals surface area (Å²) in [5, 5.41) is 20.9. The van der Waals surface area contributed by atoms with Crippen molar-refractivity contribution in [3.63, 3.8) is 0 Å². The zero-order valence-electron chi connectivity index (χ0n) is 19.8. The Morgan fingerprint density at radius 1 is 1.03 bits per heavy atom. The van der Waals surface area contributed by atoms with E-state index in [1.165, 1.54) is 12.5 Å². The fourth-order valence-electron chi connectivity index (χ4n) is 4.31. The van der Waals surface area contributed by atoms with Gasteiger partial charge in [-0.2, -0.15) is 0 Å². The zero-order chi connectivity index (χ0) is 24.6. The average Bonchev–Trinajstić information content (AvgIpc) is 2.83. The Balaban J connectivity index is 1.19. The molecule has 8 nitrogen and oxygen atoms in total. The van der Waals surface area contributed by atoms with E-state index in [4.69, 9.17) is 0 Å². The van der Waals surface area contributed by atoms with Crippen LogP contribution in [-0.2, 0) is 17.8 Å². The molecule has 1 heterocycles. The number of thioether (sulfide) groups is 1. The van der Waals surface area contributed by atoms with Gasteiger partial charge in [-0.3, -0.25) is 14.9 Å². The Kier molecular flexibility index (Phi) is 8.54. The minimum Gasteiger partial charge on any atom is -0.508 e. The van der Waals surface area contributed by atoms with E-state index in [-0.39, 0.29) is 11.1 Å². The number of aromatic nitrogens is 2. The highest BCUT2D eigenvalue weighted by Gasteiger charge is 2.21. The van der Waals surface area contributed by atoms with Crippen LogP contribution in [0.4, 0.5) is 10.7 Å². The molecule has 0 unspecified atom stereocenters. The van der Waals surface area contributed by atoms with E-state index in [9.17, 15) is 14.7 Å². The summed E-state index contributed by atoms with van der Waals surface area (Å²) in [4.78, 5) is 31.4. The molecule has 4 rings (SSSR count). The number of aromatic hydroxyl groups is 1. The second-order valence-electron chi connectivity index (χ2n) is 8.88. The molecule has 0 bridgehead atoms. The summed E-state index contributed by atoms with van der Waals surface area (Å²) in [6.07, 6.45) is 6.62. The van der Waals surface area contributed by atoms with Gasteiger partial charge in [0.2, 0.25) is 11.9 Å². The van der Waals surface area contributed by atoms with Crippen LogP contribution < -0.4 is 16.0 Å². The summed E-state index contributed by atoms with van der Waals surface area (Å²) < 4.78 is 0. The molecule has 1 fully saturated rings. The second-order valence-corrected chi connectivity index (χ2v) is 9.95. The standard InChI is InChI=1S/C26H31N5O3S/c1-17(32)29-26(34)35-13-11-23-10-12-27-25(31-23)30-22-7-5-21(6-8-22)28-16-18-2-3-20-15-24(33)9-4-19(20)14-18/h2-4,9-10,12,14-15,21-22,28,33H,5-8,11,13,16H2,1H3,(H,27,30,31)(H,29,32,34). The Bertz CT molecular complexity index is 1180. The molecule has 0 saturated heterocycles. The third-order valence-corrected chi connectivity index (χ3v) is 6.90. The van der Waals surface area contributed by atoms with Crippen molar-refractivity contribution in [1.29, 1.82) is 0 Å². The molecule has 1 aromatic heterocycles. The smallest absolute Gasteiger partial charge is 0.285 e. The van der Waals surface area contributed by atoms with Crippen LogP contribution in [0.1, 0.15) is 43.9 Å². The van der Waals surface area contributed by atoms with E-state index in [2.05, 4.69) is 44.1 Å². The number of imide groups is 1. The minimum absolute atomic E-state index is 0.292. The predicted molar refractivity (Wildman–Crippen MR) is 140 cm³/mol. The van der Waals surface area contributed by atoms with Crippen molar-refractivity contribution >= 4 is 39.6 Å². The van der Waals surface area contributed by atoms with Crippen LogP contribution in [0.25, 0.3) is 10.8 Å². The van der Waals surface area contributed by atoms with Gasteiger partial charge in [0.1, 0.15) is 5.75 Å². The number of aryl methyl sites for hydroxylation is 1. The van der Waals surface area contributed by atoms with Crippen molar-refractivity contribution in [3.05, 3.63) is 59.9 Å². The number of fused-ring (bicyclic) bond motifs is 1. The molecule has 1 saturated carbocycles. The number of rotatable bonds is 8. The first-order valence-corrected chi connectivity index (χ1v) is 12.9. The number of nitrogens with zero attached hydrogens (tertiary/aromatic N) is 2. The minimum atomic E-state index is -0.350. The third kappa shape index (κ3) is 7.66. The normalized spacial score (nSPS) is 17.7. The number of hydrogen-bond donors (Lipinski definition) is 4. The third-order valence-electron chi connectivity index (χ3n) is 6.13. The maximum atomic E-state index is 11.6. The van der Waals surface area contributed by atoms with Gasteiger partial charge in [-0.25, -0.2) is 9.97 Å². The van der Waals surface area contributed by atoms with E-state index in [1.807, 2.05) is 12.1 Å². The maximum absolute atomic E-state index is 11.6. The number of carbonyl (C=O) groups is 2. The highest BCUT2D eigenvalue weighted by Crippen LogP contribution is 2.23. The summed E-state index contributed by atoms with van der Waals surface area (Å²) in [5.74, 6) is 1.11. The van der Waals surface area contributed by atoms with Crippen LogP contribution in [0.2, 0.25) is 0 Å². The number of amides is 2. The summed E-state index contributed by atoms with van der Waals surface area (Å²) in [6.45, 7) is 2.15. The molecule has 2 aromatic carbocycles. The molecule has 1 aliphatic carbocycles. The fraction of sp³-hybridized carbons (Fsp3) is 0.385. The van der Waals surface area contributed by atoms with Crippen LogP contribution in [-0.4, -0.2) is 44.1 Å². The number of phenols is 1. The molecule has 4 N–H and O–H groups in total. The lowest BCUT2D eigenvalue weighted by atomic mass is 9.91. The molecule has 0 aliphatic heterocycles. The summed E-state index contributed by atoms with van der Waals surface area (Å²) in [5.41, 5.74) is 2.11. The SMILES string of the molecule is CC(=O)NC(=O)SCCc1ccnc(NC2CCC(NCc3ccc4cc(O)ccc4c3)CC2)n1. The van der Waals surface area contributed by atoms with E-state index >= 15 is 0 Å². The van der Waals surface area contributed by atoms with Crippen LogP contribution in [0, 0.1) is 0 Å². The van der Waals surface area contributed by atoms with Crippen LogP contribution >= 0.6 is 11.8 Å². The first-order chi connectivity index (χ1) is 16.9. The van der Waals surface area contributed by atoms with Crippen LogP contribution in [0.3, 0.4) is 0 Å². The van der Waals surface area contributed by atoms with Crippen molar-refractivity contribution in [3.8, 4) is 5.75 Å². The van der Waals surface area contributed by atoms with Crippen LogP contribution in [0.5, 0.6) is 5.75 Å². The van der Waals surface area contributed by atoms with Gasteiger partial charge in [-0.15, -0.1) is 0 Å². The van der Waals surface area contributed by atoms with Gasteiger partial charge >= 0.3 is 0 Å². The van der Waals surface area contributed by atoms with E-state index in [0.717, 1.165) is 60.5 Å². The molecule has 1 aliphatic rings. The van der Waals surface area contributed by atoms with Gasteiger partial charge < -0.3 is 15.7 Å². The highest BCUT2D eigenvalue weighted by molar-refractivity contribution is 8.13. The van der Waals surface area contributed by atoms with Crippen molar-refractivity contribution in [2.75, 3.05) is 11.1 Å². The number of hydrogen-bond acceptors (Lipinski definition) is 8. The number of carbonyl (C=O) groups excluding carboxylic acids is 2. The molecular formula is C26H31N5O3S. The quantitative estimate of drug-likeness (QED) is 0.365. The summed E-state index contributed by atoms with van der Waals surface area (Å²) in [7, 11) is 0. The van der Waals surface area contributed by atoms with Gasteiger partial charge in [-0.1, -0.05) is 30.0 Å². The van der Waals surface area contributed by atoms with Gasteiger partial charge in [-0.05, 0) is 72.7 Å². The maximum Gasteiger partial charge on any atom is 0.285 e. The first kappa shape index (κ1) is 24.9. The molecule has 35 heavy (non-hydrogen) atoms. The largest absolute Gasteiger partial charge is 0.508 e. The molecular weight excluding hydrogens is 462 g/mol. The Labute approximate surface area is 209 Å². The fourth-order valence-corrected chi connectivity index (χ4v) is 5.02. The molecule has 0 radical (unpaired) electrons. The Hall–Kier alpha value is -3.17. The van der Waals surface area contributed by atoms with Gasteiger partial charge in [0.25, 0.3) is 5.24 Å². The van der Waals surface area contributed by atoms with Crippen LogP contribution in [0.15, 0.2) is 48.7 Å². The molecule has 0 atom stereocenters. The van der Waals surface area contributed by atoms with Gasteiger partial charge in [0.15, 0.2) is 0 Å². The first-order valence-electron chi connectivity index (χ1n) is 11.9. The van der Waals surface area contributed by atoms with E-state index in [0.29, 0.717) is 36.0 Å². The summed E-state index contributed by atoms with van der Waals surface area (Å²) >= 11 is 1.08. The van der Waals surface area contributed by atoms with Gasteiger partial charge in [0, 0.05) is 43.2 Å². The number of nitrogens with one attached hydrogen (secondary N) is 3. The monoisotopic (exact) mass is 493 g/mol. The highest BCUT2D eigenvalue weighted by atomic mass is 32.2. The van der Waals surface area contributed by atoms with Gasteiger partial charge in [0.05, 0.1) is 0 Å². The number of benzene rings is 2. The van der Waals surface area contributed by atoms with E-state index < -0.39 is 0 Å². The lowest BCUT2D eigenvalue weighted by Gasteiger charge is -2.30. The van der Waals surface area contributed by atoms with Crippen molar-refractivity contribution < 1.29 is 14.7 Å². The Morgan fingerprint density at radius 3 is 2.57 bits per heavy atom. The van der Waals surface area contributed by atoms with E-state index in [1.54, 1.807) is 18.3 Å². The molecule has 3 aromatic rings. The topological polar surface area (TPSA) is 116 Å². The van der Waals surface area contributed by atoms with Crippen molar-refractivity contribution in [2.45, 2.75) is 57.7 Å².